The molecule has 0 saturated carbocycles. The number of carbonyl (C=O) groups is 1. The summed E-state index contributed by atoms with van der Waals surface area (Å²) in [5.41, 5.74) is 0.659. The Bertz CT molecular complexity index is 1120. The van der Waals surface area contributed by atoms with E-state index in [4.69, 9.17) is 0 Å². The Morgan fingerprint density at radius 1 is 0.931 bits per heavy atom. The minimum absolute atomic E-state index is 0.0471. The fourth-order valence-corrected chi connectivity index (χ4v) is 3.85. The summed E-state index contributed by atoms with van der Waals surface area (Å²) in [5.74, 6) is -3.20. The van der Waals surface area contributed by atoms with Crippen LogP contribution >= 0.6 is 0 Å². The molecule has 5 nitrogen and oxygen atoms in total. The van der Waals surface area contributed by atoms with Crippen LogP contribution in [0.5, 0.6) is 0 Å². The summed E-state index contributed by atoms with van der Waals surface area (Å²) in [5, 5.41) is 2.42. The van der Waals surface area contributed by atoms with Gasteiger partial charge in [0.2, 0.25) is 10.0 Å². The van der Waals surface area contributed by atoms with Gasteiger partial charge in [-0.25, -0.2) is 17.2 Å². The zero-order valence-electron chi connectivity index (χ0n) is 15.5. The Labute approximate surface area is 167 Å². The third-order valence-electron chi connectivity index (χ3n) is 4.26. The van der Waals surface area contributed by atoms with Crippen LogP contribution in [0.3, 0.4) is 0 Å². The van der Waals surface area contributed by atoms with Crippen LogP contribution in [0.4, 0.5) is 14.5 Å². The molecular formula is C21H18F2N2O3S. The van der Waals surface area contributed by atoms with Crippen molar-refractivity contribution in [2.75, 3.05) is 12.4 Å². The molecular weight excluding hydrogens is 398 g/mol. The summed E-state index contributed by atoms with van der Waals surface area (Å²) in [6.45, 7) is 0.209. The molecule has 0 radical (unpaired) electrons. The smallest absolute Gasteiger partial charge is 0.258 e. The van der Waals surface area contributed by atoms with Gasteiger partial charge in [0.05, 0.1) is 10.5 Å². The van der Waals surface area contributed by atoms with E-state index in [2.05, 4.69) is 5.32 Å². The largest absolute Gasteiger partial charge is 0.322 e. The van der Waals surface area contributed by atoms with Crippen LogP contribution in [-0.2, 0) is 16.6 Å². The first-order valence-corrected chi connectivity index (χ1v) is 10.1. The highest BCUT2D eigenvalue weighted by Crippen LogP contribution is 2.20. The number of benzene rings is 3. The second-order valence-electron chi connectivity index (χ2n) is 6.33. The lowest BCUT2D eigenvalue weighted by Gasteiger charge is -2.17. The van der Waals surface area contributed by atoms with Crippen LogP contribution in [0, 0.1) is 11.6 Å². The highest BCUT2D eigenvalue weighted by atomic mass is 32.2. The number of hydrogen-bond donors (Lipinski definition) is 1. The first-order chi connectivity index (χ1) is 13.8. The molecule has 3 aromatic carbocycles. The third kappa shape index (κ3) is 4.67. The quantitative estimate of drug-likeness (QED) is 0.660. The predicted octanol–water partition coefficient (Wildman–Crippen LogP) is 4.04. The van der Waals surface area contributed by atoms with Crippen molar-refractivity contribution in [2.24, 2.45) is 0 Å². The summed E-state index contributed by atoms with van der Waals surface area (Å²) in [6.07, 6.45) is 0. The lowest BCUT2D eigenvalue weighted by atomic mass is 10.2. The zero-order chi connectivity index (χ0) is 21.0. The highest BCUT2D eigenvalue weighted by Gasteiger charge is 2.21. The van der Waals surface area contributed by atoms with E-state index >= 15 is 0 Å². The molecule has 1 amide bonds. The van der Waals surface area contributed by atoms with Crippen LogP contribution in [0.2, 0.25) is 0 Å². The average molecular weight is 416 g/mol. The van der Waals surface area contributed by atoms with Gasteiger partial charge in [0.1, 0.15) is 0 Å². The maximum atomic E-state index is 13.7. The summed E-state index contributed by atoms with van der Waals surface area (Å²) < 4.78 is 53.7. The number of hydrogen-bond acceptors (Lipinski definition) is 3. The lowest BCUT2D eigenvalue weighted by Crippen LogP contribution is -2.26. The number of anilines is 1. The van der Waals surface area contributed by atoms with Crippen molar-refractivity contribution in [1.82, 2.24) is 4.31 Å². The van der Waals surface area contributed by atoms with Gasteiger partial charge in [-0.3, -0.25) is 4.79 Å². The summed E-state index contributed by atoms with van der Waals surface area (Å²) in [6, 6.07) is 17.9. The van der Waals surface area contributed by atoms with E-state index in [0.29, 0.717) is 0 Å². The number of sulfonamides is 1. The maximum absolute atomic E-state index is 13.7. The molecule has 0 saturated heterocycles. The second kappa shape index (κ2) is 8.50. The average Bonchev–Trinajstić information content (AvgIpc) is 2.71. The topological polar surface area (TPSA) is 66.5 Å². The SMILES string of the molecule is CN(Cc1ccccc1)S(=O)(=O)c1ccc(NC(=O)c2cccc(F)c2F)cc1. The van der Waals surface area contributed by atoms with Gasteiger partial charge in [0.15, 0.2) is 11.6 Å². The van der Waals surface area contributed by atoms with Gasteiger partial charge in [0.25, 0.3) is 5.91 Å². The van der Waals surface area contributed by atoms with Crippen molar-refractivity contribution in [2.45, 2.75) is 11.4 Å². The van der Waals surface area contributed by atoms with E-state index in [-0.39, 0.29) is 17.1 Å². The summed E-state index contributed by atoms with van der Waals surface area (Å²) in [7, 11) is -2.26. The van der Waals surface area contributed by atoms with Crippen molar-refractivity contribution in [3.8, 4) is 0 Å². The molecule has 0 heterocycles. The van der Waals surface area contributed by atoms with Crippen molar-refractivity contribution in [3.63, 3.8) is 0 Å². The highest BCUT2D eigenvalue weighted by molar-refractivity contribution is 7.89. The first-order valence-electron chi connectivity index (χ1n) is 8.65. The number of carbonyl (C=O) groups excluding carboxylic acids is 1. The zero-order valence-corrected chi connectivity index (χ0v) is 16.3. The van der Waals surface area contributed by atoms with Gasteiger partial charge < -0.3 is 5.32 Å². The molecule has 3 rings (SSSR count). The number of halogens is 2. The fourth-order valence-electron chi connectivity index (χ4n) is 2.69. The Kier molecular flexibility index (Phi) is 6.05. The molecule has 150 valence electrons. The van der Waals surface area contributed by atoms with Crippen molar-refractivity contribution < 1.29 is 22.0 Å². The Morgan fingerprint density at radius 3 is 2.24 bits per heavy atom. The lowest BCUT2D eigenvalue weighted by molar-refractivity contribution is 0.102. The predicted molar refractivity (Wildman–Crippen MR) is 106 cm³/mol. The first kappa shape index (κ1) is 20.6. The minimum atomic E-state index is -3.74. The van der Waals surface area contributed by atoms with E-state index in [1.54, 1.807) is 0 Å². The molecule has 1 N–H and O–H groups in total. The van der Waals surface area contributed by atoms with E-state index in [9.17, 15) is 22.0 Å². The number of rotatable bonds is 6. The van der Waals surface area contributed by atoms with Gasteiger partial charge in [-0.05, 0) is 42.0 Å². The molecule has 0 aromatic heterocycles. The molecule has 0 atom stereocenters. The van der Waals surface area contributed by atoms with Gasteiger partial charge in [0, 0.05) is 19.3 Å². The van der Waals surface area contributed by atoms with Gasteiger partial charge in [-0.2, -0.15) is 4.31 Å². The molecule has 0 aliphatic carbocycles. The van der Waals surface area contributed by atoms with E-state index in [0.717, 1.165) is 17.7 Å². The Balaban J connectivity index is 1.73. The van der Waals surface area contributed by atoms with Crippen LogP contribution < -0.4 is 5.32 Å². The molecule has 8 heteroatoms. The molecule has 0 aliphatic heterocycles. The van der Waals surface area contributed by atoms with Gasteiger partial charge in [-0.1, -0.05) is 36.4 Å². The van der Waals surface area contributed by atoms with Crippen LogP contribution in [0.1, 0.15) is 15.9 Å². The second-order valence-corrected chi connectivity index (χ2v) is 8.37. The van der Waals surface area contributed by atoms with Crippen molar-refractivity contribution in [3.05, 3.63) is 95.6 Å². The molecule has 0 fully saturated rings. The molecule has 0 bridgehead atoms. The van der Waals surface area contributed by atoms with Crippen molar-refractivity contribution >= 4 is 21.6 Å². The van der Waals surface area contributed by atoms with Gasteiger partial charge in [-0.15, -0.1) is 0 Å². The fraction of sp³-hybridized carbons (Fsp3) is 0.0952. The van der Waals surface area contributed by atoms with Crippen molar-refractivity contribution in [1.29, 1.82) is 0 Å². The number of nitrogens with one attached hydrogen (secondary N) is 1. The Hall–Kier alpha value is -3.10. The minimum Gasteiger partial charge on any atom is -0.322 e. The normalized spacial score (nSPS) is 11.4. The van der Waals surface area contributed by atoms with Gasteiger partial charge >= 0.3 is 0 Å². The Morgan fingerprint density at radius 2 is 1.59 bits per heavy atom. The molecule has 0 aliphatic rings. The maximum Gasteiger partial charge on any atom is 0.258 e. The van der Waals surface area contributed by atoms with E-state index in [1.807, 2.05) is 30.3 Å². The number of amides is 1. The summed E-state index contributed by atoms with van der Waals surface area (Å²) in [4.78, 5) is 12.2. The third-order valence-corrected chi connectivity index (χ3v) is 6.08. The standard InChI is InChI=1S/C21H18F2N2O3S/c1-25(14-15-6-3-2-4-7-15)29(27,28)17-12-10-16(11-13-17)24-21(26)18-8-5-9-19(22)20(18)23/h2-13H,14H2,1H3,(H,24,26). The monoisotopic (exact) mass is 416 g/mol. The van der Waals surface area contributed by atoms with Crippen LogP contribution in [0.25, 0.3) is 0 Å². The molecule has 29 heavy (non-hydrogen) atoms. The van der Waals surface area contributed by atoms with Crippen LogP contribution in [0.15, 0.2) is 77.7 Å². The van der Waals surface area contributed by atoms with E-state index in [1.165, 1.54) is 41.7 Å². The molecule has 3 aromatic rings. The number of nitrogens with zero attached hydrogens (tertiary/aromatic N) is 1. The summed E-state index contributed by atoms with van der Waals surface area (Å²) >= 11 is 0. The molecule has 0 spiro atoms. The van der Waals surface area contributed by atoms with E-state index < -0.39 is 33.1 Å². The van der Waals surface area contributed by atoms with Crippen LogP contribution in [-0.4, -0.2) is 25.7 Å². The molecule has 0 unspecified atom stereocenters.